The van der Waals surface area contributed by atoms with Gasteiger partial charge in [-0.2, -0.15) is 0 Å². The number of aryl methyl sites for hydroxylation is 2. The van der Waals surface area contributed by atoms with Crippen LogP contribution in [0, 0.1) is 0 Å². The quantitative estimate of drug-likeness (QED) is 0.667. The Bertz CT molecular complexity index is 339. The van der Waals surface area contributed by atoms with Gasteiger partial charge >= 0.3 is 0 Å². The van der Waals surface area contributed by atoms with Crippen LogP contribution in [-0.2, 0) is 12.8 Å². The molecule has 2 aliphatic rings. The molecule has 1 aliphatic carbocycles. The average Bonchev–Trinajstić information content (AvgIpc) is 2.62. The molecule has 1 aliphatic heterocycles. The van der Waals surface area contributed by atoms with Gasteiger partial charge in [0.1, 0.15) is 0 Å². The fourth-order valence-corrected chi connectivity index (χ4v) is 3.48. The van der Waals surface area contributed by atoms with Crippen LogP contribution in [0.4, 0.5) is 0 Å². The van der Waals surface area contributed by atoms with E-state index in [1.807, 2.05) is 0 Å². The van der Waals surface area contributed by atoms with Crippen molar-refractivity contribution in [2.75, 3.05) is 13.1 Å². The van der Waals surface area contributed by atoms with Crippen molar-refractivity contribution in [1.82, 2.24) is 4.90 Å². The van der Waals surface area contributed by atoms with Gasteiger partial charge in [0.2, 0.25) is 0 Å². The van der Waals surface area contributed by atoms with Crippen LogP contribution in [0.3, 0.4) is 0 Å². The molecule has 1 fully saturated rings. The van der Waals surface area contributed by atoms with E-state index in [9.17, 15) is 0 Å². The third-order valence-corrected chi connectivity index (χ3v) is 4.52. The molecule has 0 N–H and O–H groups in total. The summed E-state index contributed by atoms with van der Waals surface area (Å²) in [5, 5.41) is 0. The van der Waals surface area contributed by atoms with Gasteiger partial charge < -0.3 is 4.90 Å². The molecular formula is C16H23N. The molecule has 0 aromatic heterocycles. The van der Waals surface area contributed by atoms with Crippen LogP contribution in [0.25, 0.3) is 0 Å². The summed E-state index contributed by atoms with van der Waals surface area (Å²) in [5.41, 5.74) is 3.21. The van der Waals surface area contributed by atoms with Gasteiger partial charge in [0.15, 0.2) is 0 Å². The molecule has 0 spiro atoms. The number of likely N-dealkylation sites (tertiary alicyclic amines) is 1. The lowest BCUT2D eigenvalue weighted by Gasteiger charge is -2.34. The summed E-state index contributed by atoms with van der Waals surface area (Å²) in [6.07, 6.45) is 9.61. The average molecular weight is 229 g/mol. The first kappa shape index (κ1) is 11.3. The minimum atomic E-state index is 0.850. The van der Waals surface area contributed by atoms with Gasteiger partial charge in [0, 0.05) is 6.04 Å². The zero-order valence-electron chi connectivity index (χ0n) is 10.7. The molecule has 1 saturated heterocycles. The molecule has 1 nitrogen and oxygen atoms in total. The summed E-state index contributed by atoms with van der Waals surface area (Å²) in [6.45, 7) is 2.70. The Hall–Kier alpha value is -0.820. The maximum absolute atomic E-state index is 2.76. The van der Waals surface area contributed by atoms with Crippen LogP contribution in [0.15, 0.2) is 24.3 Å². The Kier molecular flexibility index (Phi) is 3.46. The van der Waals surface area contributed by atoms with Crippen molar-refractivity contribution in [2.45, 2.75) is 51.0 Å². The fraction of sp³-hybridized carbons (Fsp3) is 0.625. The third-order valence-electron chi connectivity index (χ3n) is 4.52. The number of fused-ring (bicyclic) bond motifs is 1. The summed E-state index contributed by atoms with van der Waals surface area (Å²) < 4.78 is 0. The summed E-state index contributed by atoms with van der Waals surface area (Å²) >= 11 is 0. The second-order valence-corrected chi connectivity index (χ2v) is 5.60. The van der Waals surface area contributed by atoms with Crippen molar-refractivity contribution in [3.63, 3.8) is 0 Å². The molecule has 1 heteroatoms. The number of piperidine rings is 1. The normalized spacial score (nSPS) is 23.1. The number of hydrogen-bond acceptors (Lipinski definition) is 1. The van der Waals surface area contributed by atoms with Gasteiger partial charge in [-0.05, 0) is 62.7 Å². The third kappa shape index (κ3) is 2.55. The Balaban J connectivity index is 1.68. The van der Waals surface area contributed by atoms with Gasteiger partial charge in [-0.3, -0.25) is 0 Å². The highest BCUT2D eigenvalue weighted by molar-refractivity contribution is 5.28. The van der Waals surface area contributed by atoms with E-state index in [1.165, 1.54) is 58.0 Å². The number of nitrogens with zero attached hydrogens (tertiary/aromatic N) is 1. The highest BCUT2D eigenvalue weighted by atomic mass is 15.2. The molecule has 1 heterocycles. The lowest BCUT2D eigenvalue weighted by atomic mass is 10.0. The predicted octanol–water partition coefficient (Wildman–Crippen LogP) is 3.42. The SMILES string of the molecule is c1ccc2c(c1)CCC(N1CCCCC1)CC2. The second-order valence-electron chi connectivity index (χ2n) is 5.60. The highest BCUT2D eigenvalue weighted by Gasteiger charge is 2.22. The van der Waals surface area contributed by atoms with Crippen molar-refractivity contribution < 1.29 is 0 Å². The van der Waals surface area contributed by atoms with Gasteiger partial charge in [0.05, 0.1) is 0 Å². The minimum Gasteiger partial charge on any atom is -0.300 e. The Morgan fingerprint density at radius 2 is 1.41 bits per heavy atom. The van der Waals surface area contributed by atoms with E-state index in [-0.39, 0.29) is 0 Å². The van der Waals surface area contributed by atoms with Gasteiger partial charge in [-0.25, -0.2) is 0 Å². The largest absolute Gasteiger partial charge is 0.300 e. The molecule has 92 valence electrons. The Morgan fingerprint density at radius 1 is 0.824 bits per heavy atom. The van der Waals surface area contributed by atoms with Gasteiger partial charge in [-0.1, -0.05) is 30.7 Å². The molecule has 0 atom stereocenters. The molecule has 3 rings (SSSR count). The maximum Gasteiger partial charge on any atom is 0.0102 e. The Labute approximate surface area is 105 Å². The van der Waals surface area contributed by atoms with Gasteiger partial charge in [0.25, 0.3) is 0 Å². The predicted molar refractivity (Wildman–Crippen MR) is 72.3 cm³/mol. The van der Waals surface area contributed by atoms with E-state index in [2.05, 4.69) is 29.2 Å². The Morgan fingerprint density at radius 3 is 2.00 bits per heavy atom. The maximum atomic E-state index is 2.76. The zero-order valence-corrected chi connectivity index (χ0v) is 10.7. The molecule has 1 aromatic carbocycles. The fourth-order valence-electron chi connectivity index (χ4n) is 3.48. The first-order chi connectivity index (χ1) is 8.43. The van der Waals surface area contributed by atoms with Crippen molar-refractivity contribution in [3.8, 4) is 0 Å². The smallest absolute Gasteiger partial charge is 0.0102 e. The van der Waals surface area contributed by atoms with E-state index in [0.29, 0.717) is 0 Å². The van der Waals surface area contributed by atoms with Crippen LogP contribution in [0.2, 0.25) is 0 Å². The van der Waals surface area contributed by atoms with E-state index in [0.717, 1.165) is 6.04 Å². The van der Waals surface area contributed by atoms with Crippen molar-refractivity contribution in [3.05, 3.63) is 35.4 Å². The summed E-state index contributed by atoms with van der Waals surface area (Å²) in [4.78, 5) is 2.76. The summed E-state index contributed by atoms with van der Waals surface area (Å²) in [6, 6.07) is 9.89. The van der Waals surface area contributed by atoms with Crippen LogP contribution < -0.4 is 0 Å². The van der Waals surface area contributed by atoms with Crippen molar-refractivity contribution in [1.29, 1.82) is 0 Å². The summed E-state index contributed by atoms with van der Waals surface area (Å²) in [5.74, 6) is 0. The zero-order chi connectivity index (χ0) is 11.5. The van der Waals surface area contributed by atoms with Crippen LogP contribution in [0.1, 0.15) is 43.2 Å². The molecular weight excluding hydrogens is 206 g/mol. The lowest BCUT2D eigenvalue weighted by molar-refractivity contribution is 0.150. The number of rotatable bonds is 1. The molecule has 0 unspecified atom stereocenters. The van der Waals surface area contributed by atoms with Crippen LogP contribution in [0.5, 0.6) is 0 Å². The first-order valence-corrected chi connectivity index (χ1v) is 7.24. The van der Waals surface area contributed by atoms with E-state index in [4.69, 9.17) is 0 Å². The summed E-state index contributed by atoms with van der Waals surface area (Å²) in [7, 11) is 0. The molecule has 0 amide bonds. The number of benzene rings is 1. The molecule has 0 radical (unpaired) electrons. The highest BCUT2D eigenvalue weighted by Crippen LogP contribution is 2.25. The van der Waals surface area contributed by atoms with E-state index < -0.39 is 0 Å². The topological polar surface area (TPSA) is 3.24 Å². The molecule has 0 saturated carbocycles. The van der Waals surface area contributed by atoms with Crippen molar-refractivity contribution >= 4 is 0 Å². The number of hydrogen-bond donors (Lipinski definition) is 0. The second kappa shape index (κ2) is 5.22. The van der Waals surface area contributed by atoms with Gasteiger partial charge in [-0.15, -0.1) is 0 Å². The molecule has 17 heavy (non-hydrogen) atoms. The lowest BCUT2D eigenvalue weighted by Crippen LogP contribution is -2.39. The van der Waals surface area contributed by atoms with Crippen LogP contribution in [-0.4, -0.2) is 24.0 Å². The van der Waals surface area contributed by atoms with Crippen LogP contribution >= 0.6 is 0 Å². The first-order valence-electron chi connectivity index (χ1n) is 7.24. The minimum absolute atomic E-state index is 0.850. The molecule has 0 bridgehead atoms. The molecule has 1 aromatic rings. The van der Waals surface area contributed by atoms with Crippen molar-refractivity contribution in [2.24, 2.45) is 0 Å². The van der Waals surface area contributed by atoms with E-state index in [1.54, 1.807) is 11.1 Å². The standard InChI is InChI=1S/C16H23N/c1-4-12-17(13-5-1)16-10-8-14-6-2-3-7-15(14)9-11-16/h2-3,6-7,16H,1,4-5,8-13H2. The monoisotopic (exact) mass is 229 g/mol. The van der Waals surface area contributed by atoms with E-state index >= 15 is 0 Å².